The van der Waals surface area contributed by atoms with Crippen molar-refractivity contribution in [2.45, 2.75) is 31.6 Å². The van der Waals surface area contributed by atoms with Gasteiger partial charge in [0.1, 0.15) is 5.69 Å². The molecule has 2 N–H and O–H groups in total. The van der Waals surface area contributed by atoms with Crippen LogP contribution in [0.4, 0.5) is 0 Å². The smallest absolute Gasteiger partial charge is 0.272 e. The number of rotatable bonds is 3. The highest BCUT2D eigenvalue weighted by atomic mass is 16.2. The van der Waals surface area contributed by atoms with E-state index in [2.05, 4.69) is 16.9 Å². The first kappa shape index (κ1) is 16.9. The Hall–Kier alpha value is -1.95. The Kier molecular flexibility index (Phi) is 5.14. The van der Waals surface area contributed by atoms with Gasteiger partial charge in [0.15, 0.2) is 0 Å². The van der Waals surface area contributed by atoms with Gasteiger partial charge >= 0.3 is 0 Å². The fourth-order valence-electron chi connectivity index (χ4n) is 3.79. The first-order valence-corrected chi connectivity index (χ1v) is 8.77. The van der Waals surface area contributed by atoms with Gasteiger partial charge in [0, 0.05) is 31.7 Å². The van der Waals surface area contributed by atoms with Crippen LogP contribution in [0.2, 0.25) is 0 Å². The third kappa shape index (κ3) is 3.75. The largest absolute Gasteiger partial charge is 0.369 e. The van der Waals surface area contributed by atoms with E-state index >= 15 is 0 Å². The Morgan fingerprint density at radius 2 is 1.96 bits per heavy atom. The van der Waals surface area contributed by atoms with Gasteiger partial charge in [-0.2, -0.15) is 0 Å². The van der Waals surface area contributed by atoms with E-state index < -0.39 is 0 Å². The summed E-state index contributed by atoms with van der Waals surface area (Å²) in [7, 11) is 2.14. The van der Waals surface area contributed by atoms with Crippen molar-refractivity contribution >= 4 is 11.8 Å². The van der Waals surface area contributed by atoms with Crippen molar-refractivity contribution < 1.29 is 9.59 Å². The Balaban J connectivity index is 1.67. The number of nitrogens with zero attached hydrogens (tertiary/aromatic N) is 3. The third-order valence-electron chi connectivity index (χ3n) is 5.28. The van der Waals surface area contributed by atoms with E-state index in [1.807, 2.05) is 12.1 Å². The summed E-state index contributed by atoms with van der Waals surface area (Å²) in [5, 5.41) is 0. The van der Waals surface area contributed by atoms with Crippen LogP contribution < -0.4 is 5.73 Å². The maximum absolute atomic E-state index is 12.7. The summed E-state index contributed by atoms with van der Waals surface area (Å²) in [5.41, 5.74) is 7.07. The molecule has 6 nitrogen and oxygen atoms in total. The van der Waals surface area contributed by atoms with Crippen molar-refractivity contribution in [1.29, 1.82) is 0 Å². The Labute approximate surface area is 143 Å². The van der Waals surface area contributed by atoms with Gasteiger partial charge in [-0.15, -0.1) is 0 Å². The van der Waals surface area contributed by atoms with E-state index in [1.54, 1.807) is 11.1 Å². The lowest BCUT2D eigenvalue weighted by molar-refractivity contribution is -0.123. The number of carbonyl (C=O) groups excluding carboxylic acids is 2. The molecule has 2 aliphatic heterocycles. The highest BCUT2D eigenvalue weighted by Crippen LogP contribution is 2.27. The van der Waals surface area contributed by atoms with Crippen LogP contribution in [-0.2, 0) is 4.79 Å². The fourth-order valence-corrected chi connectivity index (χ4v) is 3.79. The number of carbonyl (C=O) groups is 2. The number of aromatic nitrogens is 1. The Bertz CT molecular complexity index is 611. The highest BCUT2D eigenvalue weighted by molar-refractivity contribution is 5.92. The first-order valence-electron chi connectivity index (χ1n) is 8.77. The molecule has 2 amide bonds. The molecule has 1 atom stereocenters. The average molecular weight is 330 g/mol. The minimum absolute atomic E-state index is 0.0380. The number of amides is 2. The number of hydrogen-bond donors (Lipinski definition) is 1. The maximum Gasteiger partial charge on any atom is 0.272 e. The molecule has 1 aromatic heterocycles. The summed E-state index contributed by atoms with van der Waals surface area (Å²) in [6.07, 6.45) is 5.38. The zero-order valence-electron chi connectivity index (χ0n) is 14.3. The molecule has 0 aliphatic carbocycles. The second kappa shape index (κ2) is 7.30. The Morgan fingerprint density at radius 1 is 1.21 bits per heavy atom. The van der Waals surface area contributed by atoms with Crippen molar-refractivity contribution in [2.75, 3.05) is 33.2 Å². The highest BCUT2D eigenvalue weighted by Gasteiger charge is 2.27. The van der Waals surface area contributed by atoms with Crippen LogP contribution in [0.15, 0.2) is 18.3 Å². The average Bonchev–Trinajstić information content (AvgIpc) is 2.61. The van der Waals surface area contributed by atoms with E-state index in [0.29, 0.717) is 37.5 Å². The van der Waals surface area contributed by atoms with Gasteiger partial charge in [-0.25, -0.2) is 0 Å². The topological polar surface area (TPSA) is 79.5 Å². The lowest BCUT2D eigenvalue weighted by Gasteiger charge is -2.31. The number of primary amides is 1. The van der Waals surface area contributed by atoms with Gasteiger partial charge in [0.05, 0.1) is 0 Å². The van der Waals surface area contributed by atoms with Crippen LogP contribution in [0.5, 0.6) is 0 Å². The van der Waals surface area contributed by atoms with Gasteiger partial charge in [0.25, 0.3) is 5.91 Å². The van der Waals surface area contributed by atoms with Gasteiger partial charge in [-0.05, 0) is 62.9 Å². The SMILES string of the molecule is CN1CCCC(c2ccnc(C(=O)N3CCC(C(N)=O)CC3)c2)C1. The molecule has 0 spiro atoms. The second-order valence-electron chi connectivity index (χ2n) is 7.04. The summed E-state index contributed by atoms with van der Waals surface area (Å²) < 4.78 is 0. The molecule has 1 unspecified atom stereocenters. The summed E-state index contributed by atoms with van der Waals surface area (Å²) in [5.74, 6) is 0.0672. The molecule has 2 aliphatic rings. The number of likely N-dealkylation sites (N-methyl/N-ethyl adjacent to an activating group) is 1. The maximum atomic E-state index is 12.7. The molecule has 0 bridgehead atoms. The number of hydrogen-bond acceptors (Lipinski definition) is 4. The zero-order valence-corrected chi connectivity index (χ0v) is 14.3. The molecule has 1 aromatic rings. The van der Waals surface area contributed by atoms with Crippen LogP contribution >= 0.6 is 0 Å². The monoisotopic (exact) mass is 330 g/mol. The molecular weight excluding hydrogens is 304 g/mol. The molecule has 24 heavy (non-hydrogen) atoms. The molecule has 3 heterocycles. The predicted molar refractivity (Wildman–Crippen MR) is 91.5 cm³/mol. The standard InChI is InChI=1S/C18H26N4O2/c1-21-8-2-3-15(12-21)14-4-7-20-16(11-14)18(24)22-9-5-13(6-10-22)17(19)23/h4,7,11,13,15H,2-3,5-6,8-10,12H2,1H3,(H2,19,23). The fraction of sp³-hybridized carbons (Fsp3) is 0.611. The zero-order chi connectivity index (χ0) is 17.1. The lowest BCUT2D eigenvalue weighted by Crippen LogP contribution is -2.42. The predicted octanol–water partition coefficient (Wildman–Crippen LogP) is 1.23. The van der Waals surface area contributed by atoms with E-state index in [1.165, 1.54) is 12.0 Å². The van der Waals surface area contributed by atoms with Gasteiger partial charge < -0.3 is 15.5 Å². The quantitative estimate of drug-likeness (QED) is 0.904. The van der Waals surface area contributed by atoms with E-state index in [0.717, 1.165) is 19.5 Å². The number of likely N-dealkylation sites (tertiary alicyclic amines) is 2. The minimum atomic E-state index is -0.261. The molecule has 0 saturated carbocycles. The van der Waals surface area contributed by atoms with Gasteiger partial charge in [-0.1, -0.05) is 0 Å². The minimum Gasteiger partial charge on any atom is -0.369 e. The van der Waals surface area contributed by atoms with Crippen LogP contribution in [0.3, 0.4) is 0 Å². The normalized spacial score (nSPS) is 23.2. The molecule has 2 saturated heterocycles. The molecular formula is C18H26N4O2. The Morgan fingerprint density at radius 3 is 2.62 bits per heavy atom. The number of nitrogens with two attached hydrogens (primary N) is 1. The van der Waals surface area contributed by atoms with E-state index in [9.17, 15) is 9.59 Å². The van der Waals surface area contributed by atoms with Crippen molar-refractivity contribution in [3.05, 3.63) is 29.6 Å². The van der Waals surface area contributed by atoms with E-state index in [4.69, 9.17) is 5.73 Å². The summed E-state index contributed by atoms with van der Waals surface area (Å²) in [4.78, 5) is 32.4. The lowest BCUT2D eigenvalue weighted by atomic mass is 9.91. The van der Waals surface area contributed by atoms with Crippen LogP contribution in [0.1, 0.15) is 47.7 Å². The van der Waals surface area contributed by atoms with Gasteiger partial charge in [0.2, 0.25) is 5.91 Å². The number of piperidine rings is 2. The summed E-state index contributed by atoms with van der Waals surface area (Å²) in [6, 6.07) is 3.98. The van der Waals surface area contributed by atoms with Crippen molar-refractivity contribution in [3.8, 4) is 0 Å². The molecule has 130 valence electrons. The second-order valence-corrected chi connectivity index (χ2v) is 7.04. The van der Waals surface area contributed by atoms with E-state index in [-0.39, 0.29) is 17.7 Å². The number of pyridine rings is 1. The molecule has 2 fully saturated rings. The molecule has 6 heteroatoms. The van der Waals surface area contributed by atoms with Crippen LogP contribution in [0, 0.1) is 5.92 Å². The molecule has 0 radical (unpaired) electrons. The third-order valence-corrected chi connectivity index (χ3v) is 5.28. The van der Waals surface area contributed by atoms with Crippen molar-refractivity contribution in [1.82, 2.24) is 14.8 Å². The van der Waals surface area contributed by atoms with Crippen molar-refractivity contribution in [2.24, 2.45) is 11.7 Å². The van der Waals surface area contributed by atoms with Gasteiger partial charge in [-0.3, -0.25) is 14.6 Å². The summed E-state index contributed by atoms with van der Waals surface area (Å²) >= 11 is 0. The summed E-state index contributed by atoms with van der Waals surface area (Å²) in [6.45, 7) is 3.32. The van der Waals surface area contributed by atoms with Crippen molar-refractivity contribution in [3.63, 3.8) is 0 Å². The molecule has 0 aromatic carbocycles. The van der Waals surface area contributed by atoms with Crippen LogP contribution in [0.25, 0.3) is 0 Å². The first-order chi connectivity index (χ1) is 11.5. The molecule has 3 rings (SSSR count). The van der Waals surface area contributed by atoms with Crippen LogP contribution in [-0.4, -0.2) is 59.8 Å².